The first-order valence-electron chi connectivity index (χ1n) is 8.30. The minimum atomic E-state index is -0.451. The molecule has 1 heterocycles. The average Bonchev–Trinajstić information content (AvgIpc) is 2.38. The summed E-state index contributed by atoms with van der Waals surface area (Å²) in [4.78, 5) is 0. The van der Waals surface area contributed by atoms with Gasteiger partial charge in [-0.1, -0.05) is 32.6 Å². The van der Waals surface area contributed by atoms with Crippen LogP contribution in [0.2, 0.25) is 0 Å². The normalized spacial score (nSPS) is 25.3. The molecule has 0 aliphatic carbocycles. The molecule has 1 rings (SSSR count). The molecule has 3 heteroatoms. The molecule has 0 radical (unpaired) electrons. The summed E-state index contributed by atoms with van der Waals surface area (Å²) in [5.41, 5.74) is 0. The molecule has 0 saturated carbocycles. The first kappa shape index (κ1) is 17.5. The van der Waals surface area contributed by atoms with Gasteiger partial charge in [0.25, 0.3) is 0 Å². The molecule has 116 valence electrons. The van der Waals surface area contributed by atoms with E-state index in [9.17, 15) is 0 Å². The zero-order chi connectivity index (χ0) is 14.8. The molecule has 0 aromatic carbocycles. The maximum absolute atomic E-state index is 8.57. The number of nitrogens with zero attached hydrogens (tertiary/aromatic N) is 1. The molecular formula is C17H31NO2. The Morgan fingerprint density at radius 2 is 1.60 bits per heavy atom. The third-order valence-corrected chi connectivity index (χ3v) is 3.87. The lowest BCUT2D eigenvalue weighted by Crippen LogP contribution is -2.44. The van der Waals surface area contributed by atoms with Crippen LogP contribution >= 0.6 is 0 Å². The number of hydrogen-bond donors (Lipinski definition) is 0. The van der Waals surface area contributed by atoms with E-state index in [0.29, 0.717) is 18.6 Å². The predicted molar refractivity (Wildman–Crippen MR) is 81.3 cm³/mol. The summed E-state index contributed by atoms with van der Waals surface area (Å²) < 4.78 is 12.0. The second-order valence-electron chi connectivity index (χ2n) is 6.37. The highest BCUT2D eigenvalue weighted by molar-refractivity contribution is 4.77. The Kier molecular flexibility index (Phi) is 8.18. The molecule has 0 bridgehead atoms. The van der Waals surface area contributed by atoms with E-state index in [4.69, 9.17) is 14.7 Å². The number of nitriles is 1. The zero-order valence-electron chi connectivity index (χ0n) is 13.5. The average molecular weight is 281 g/mol. The summed E-state index contributed by atoms with van der Waals surface area (Å²) in [6, 6.07) is 2.20. The number of rotatable bonds is 9. The first-order valence-corrected chi connectivity index (χ1v) is 8.30. The number of ether oxygens (including phenoxy) is 2. The van der Waals surface area contributed by atoms with Crippen molar-refractivity contribution in [3.8, 4) is 6.07 Å². The molecule has 20 heavy (non-hydrogen) atoms. The standard InChI is InChI=1S/C17H31NO2/c1-4-5-6-8-11-15-14-16(12-9-7-10-13-18)20-17(2,3)19-15/h15-16H,4-12,14H2,1-3H3/t15-,16+/m0/s1. The lowest BCUT2D eigenvalue weighted by molar-refractivity contribution is -0.301. The van der Waals surface area contributed by atoms with Gasteiger partial charge in [-0.3, -0.25) is 0 Å². The van der Waals surface area contributed by atoms with Crippen LogP contribution in [-0.2, 0) is 9.47 Å². The van der Waals surface area contributed by atoms with Crippen LogP contribution < -0.4 is 0 Å². The second kappa shape index (κ2) is 9.37. The molecule has 1 saturated heterocycles. The Bertz CT molecular complexity index is 296. The van der Waals surface area contributed by atoms with E-state index in [0.717, 1.165) is 32.1 Å². The van der Waals surface area contributed by atoms with Crippen LogP contribution in [0.15, 0.2) is 0 Å². The fourth-order valence-electron chi connectivity index (χ4n) is 2.95. The van der Waals surface area contributed by atoms with E-state index in [-0.39, 0.29) is 0 Å². The fourth-order valence-corrected chi connectivity index (χ4v) is 2.95. The molecular weight excluding hydrogens is 250 g/mol. The maximum atomic E-state index is 8.57. The van der Waals surface area contributed by atoms with E-state index in [2.05, 4.69) is 13.0 Å². The Labute approximate surface area is 124 Å². The van der Waals surface area contributed by atoms with Crippen LogP contribution in [0.4, 0.5) is 0 Å². The SMILES string of the molecule is CCCCCC[C@H]1C[C@@H](CCCCC#N)OC(C)(C)O1. The summed E-state index contributed by atoms with van der Waals surface area (Å²) in [7, 11) is 0. The van der Waals surface area contributed by atoms with Crippen molar-refractivity contribution in [1.82, 2.24) is 0 Å². The molecule has 0 unspecified atom stereocenters. The zero-order valence-corrected chi connectivity index (χ0v) is 13.5. The Morgan fingerprint density at radius 3 is 2.15 bits per heavy atom. The summed E-state index contributed by atoms with van der Waals surface area (Å²) >= 11 is 0. The molecule has 2 atom stereocenters. The quantitative estimate of drug-likeness (QED) is 0.561. The summed E-state index contributed by atoms with van der Waals surface area (Å²) in [6.07, 6.45) is 11.8. The van der Waals surface area contributed by atoms with Crippen molar-refractivity contribution in [2.24, 2.45) is 0 Å². The number of hydrogen-bond acceptors (Lipinski definition) is 3. The number of unbranched alkanes of at least 4 members (excludes halogenated alkanes) is 5. The maximum Gasteiger partial charge on any atom is 0.163 e. The van der Waals surface area contributed by atoms with Gasteiger partial charge in [-0.2, -0.15) is 5.26 Å². The predicted octanol–water partition coefficient (Wildman–Crippen LogP) is 4.95. The van der Waals surface area contributed by atoms with Gasteiger partial charge in [0.05, 0.1) is 18.3 Å². The van der Waals surface area contributed by atoms with Crippen molar-refractivity contribution in [2.45, 2.75) is 103 Å². The van der Waals surface area contributed by atoms with E-state index in [1.807, 2.05) is 13.8 Å². The van der Waals surface area contributed by atoms with Crippen molar-refractivity contribution in [3.63, 3.8) is 0 Å². The molecule has 0 aromatic rings. The minimum absolute atomic E-state index is 0.300. The van der Waals surface area contributed by atoms with Crippen molar-refractivity contribution in [1.29, 1.82) is 5.26 Å². The van der Waals surface area contributed by atoms with Gasteiger partial charge in [0.2, 0.25) is 0 Å². The molecule has 3 nitrogen and oxygen atoms in total. The third-order valence-electron chi connectivity index (χ3n) is 3.87. The van der Waals surface area contributed by atoms with Gasteiger partial charge in [0, 0.05) is 12.8 Å². The van der Waals surface area contributed by atoms with E-state index in [1.54, 1.807) is 0 Å². The van der Waals surface area contributed by atoms with Crippen LogP contribution in [0.25, 0.3) is 0 Å². The highest BCUT2D eigenvalue weighted by Crippen LogP contribution is 2.31. The monoisotopic (exact) mass is 281 g/mol. The van der Waals surface area contributed by atoms with Crippen molar-refractivity contribution in [2.75, 3.05) is 0 Å². The van der Waals surface area contributed by atoms with Gasteiger partial charge < -0.3 is 9.47 Å². The first-order chi connectivity index (χ1) is 9.57. The highest BCUT2D eigenvalue weighted by atomic mass is 16.7. The Morgan fingerprint density at radius 1 is 1.00 bits per heavy atom. The summed E-state index contributed by atoms with van der Waals surface area (Å²) in [5, 5.41) is 8.57. The van der Waals surface area contributed by atoms with E-state index >= 15 is 0 Å². The van der Waals surface area contributed by atoms with E-state index < -0.39 is 5.79 Å². The Balaban J connectivity index is 2.30. The van der Waals surface area contributed by atoms with Gasteiger partial charge in [-0.15, -0.1) is 0 Å². The molecule has 0 spiro atoms. The molecule has 0 aromatic heterocycles. The van der Waals surface area contributed by atoms with Gasteiger partial charge in [0.1, 0.15) is 0 Å². The largest absolute Gasteiger partial charge is 0.347 e. The summed E-state index contributed by atoms with van der Waals surface area (Å²) in [5.74, 6) is -0.451. The lowest BCUT2D eigenvalue weighted by atomic mass is 9.98. The third kappa shape index (κ3) is 7.26. The molecule has 1 aliphatic heterocycles. The lowest BCUT2D eigenvalue weighted by Gasteiger charge is -2.41. The van der Waals surface area contributed by atoms with Gasteiger partial charge in [0.15, 0.2) is 5.79 Å². The van der Waals surface area contributed by atoms with Crippen molar-refractivity contribution >= 4 is 0 Å². The molecule has 0 N–H and O–H groups in total. The van der Waals surface area contributed by atoms with Crippen molar-refractivity contribution < 1.29 is 9.47 Å². The topological polar surface area (TPSA) is 42.2 Å². The minimum Gasteiger partial charge on any atom is -0.347 e. The van der Waals surface area contributed by atoms with Crippen LogP contribution in [0.1, 0.15) is 85.0 Å². The highest BCUT2D eigenvalue weighted by Gasteiger charge is 2.34. The van der Waals surface area contributed by atoms with Crippen LogP contribution in [0.3, 0.4) is 0 Å². The van der Waals surface area contributed by atoms with Crippen LogP contribution in [0, 0.1) is 11.3 Å². The molecule has 1 fully saturated rings. The Hall–Kier alpha value is -0.590. The van der Waals surface area contributed by atoms with Crippen LogP contribution in [-0.4, -0.2) is 18.0 Å². The van der Waals surface area contributed by atoms with E-state index in [1.165, 1.54) is 25.7 Å². The molecule has 1 aliphatic rings. The van der Waals surface area contributed by atoms with Gasteiger partial charge in [-0.05, 0) is 39.5 Å². The van der Waals surface area contributed by atoms with Crippen LogP contribution in [0.5, 0.6) is 0 Å². The van der Waals surface area contributed by atoms with Gasteiger partial charge in [-0.25, -0.2) is 0 Å². The summed E-state index contributed by atoms with van der Waals surface area (Å²) in [6.45, 7) is 6.28. The second-order valence-corrected chi connectivity index (χ2v) is 6.37. The molecule has 0 amide bonds. The smallest absolute Gasteiger partial charge is 0.163 e. The fraction of sp³-hybridized carbons (Fsp3) is 0.941. The van der Waals surface area contributed by atoms with Crippen molar-refractivity contribution in [3.05, 3.63) is 0 Å². The van der Waals surface area contributed by atoms with Gasteiger partial charge >= 0.3 is 0 Å².